The summed E-state index contributed by atoms with van der Waals surface area (Å²) < 4.78 is 10.9. The molecule has 3 rings (SSSR count). The fourth-order valence-electron chi connectivity index (χ4n) is 2.19. The Morgan fingerprint density at radius 2 is 2.20 bits per heavy atom. The average Bonchev–Trinajstić information content (AvgIpc) is 3.18. The van der Waals surface area contributed by atoms with Gasteiger partial charge >= 0.3 is 5.97 Å². The molecule has 0 bridgehead atoms. The normalized spacial score (nSPS) is 15.8. The van der Waals surface area contributed by atoms with Crippen molar-refractivity contribution in [1.29, 1.82) is 0 Å². The summed E-state index contributed by atoms with van der Waals surface area (Å²) in [5, 5.41) is 8.66. The van der Waals surface area contributed by atoms with Crippen LogP contribution in [0.3, 0.4) is 0 Å². The molecule has 1 aliphatic heterocycles. The van der Waals surface area contributed by atoms with E-state index in [-0.39, 0.29) is 12.5 Å². The monoisotopic (exact) mass is 375 g/mol. The lowest BCUT2D eigenvalue weighted by molar-refractivity contribution is -0.139. The van der Waals surface area contributed by atoms with Gasteiger partial charge in [-0.3, -0.25) is 9.69 Å². The molecular formula is C17H13NO5S2. The summed E-state index contributed by atoms with van der Waals surface area (Å²) in [6, 6.07) is 10.4. The van der Waals surface area contributed by atoms with Crippen LogP contribution in [0.4, 0.5) is 0 Å². The van der Waals surface area contributed by atoms with Crippen LogP contribution in [0.25, 0.3) is 6.08 Å². The van der Waals surface area contributed by atoms with Crippen LogP contribution in [0.1, 0.15) is 11.3 Å². The van der Waals surface area contributed by atoms with Crippen molar-refractivity contribution in [3.8, 4) is 5.75 Å². The van der Waals surface area contributed by atoms with Crippen LogP contribution in [0, 0.1) is 0 Å². The molecular weight excluding hydrogens is 362 g/mol. The van der Waals surface area contributed by atoms with E-state index in [4.69, 9.17) is 26.5 Å². The van der Waals surface area contributed by atoms with Crippen LogP contribution in [0.5, 0.6) is 5.75 Å². The van der Waals surface area contributed by atoms with Gasteiger partial charge in [-0.25, -0.2) is 4.79 Å². The van der Waals surface area contributed by atoms with E-state index in [1.807, 2.05) is 0 Å². The van der Waals surface area contributed by atoms with E-state index in [0.29, 0.717) is 20.7 Å². The van der Waals surface area contributed by atoms with Gasteiger partial charge in [0.1, 0.15) is 15.8 Å². The molecule has 0 aliphatic carbocycles. The molecule has 1 aromatic heterocycles. The maximum absolute atomic E-state index is 12.5. The van der Waals surface area contributed by atoms with Gasteiger partial charge in [0.15, 0.2) is 6.61 Å². The van der Waals surface area contributed by atoms with Crippen molar-refractivity contribution in [2.75, 3.05) is 6.61 Å². The molecule has 0 unspecified atom stereocenters. The fraction of sp³-hybridized carbons (Fsp3) is 0.118. The topological polar surface area (TPSA) is 80.0 Å². The van der Waals surface area contributed by atoms with Gasteiger partial charge in [-0.1, -0.05) is 36.1 Å². The van der Waals surface area contributed by atoms with Crippen LogP contribution in [-0.4, -0.2) is 32.8 Å². The van der Waals surface area contributed by atoms with Crippen LogP contribution in [-0.2, 0) is 16.1 Å². The number of carbonyl (C=O) groups excluding carboxylic acids is 1. The molecule has 1 saturated heterocycles. The standard InChI is InChI=1S/C17H13NO5S2/c19-15(20)10-23-12-4-1-3-11(7-12)8-14-16(21)18(17(24)25-14)9-13-5-2-6-22-13/h1-8H,9-10H2,(H,19,20)/b14-8+. The molecule has 25 heavy (non-hydrogen) atoms. The molecule has 6 nitrogen and oxygen atoms in total. The molecule has 1 N–H and O–H groups in total. The van der Waals surface area contributed by atoms with Gasteiger partial charge in [0.2, 0.25) is 0 Å². The number of amides is 1. The van der Waals surface area contributed by atoms with E-state index in [1.165, 1.54) is 16.7 Å². The minimum absolute atomic E-state index is 0.191. The molecule has 0 saturated carbocycles. The van der Waals surface area contributed by atoms with E-state index in [1.54, 1.807) is 48.7 Å². The number of hydrogen-bond acceptors (Lipinski definition) is 6. The summed E-state index contributed by atoms with van der Waals surface area (Å²) >= 11 is 6.49. The molecule has 1 amide bonds. The summed E-state index contributed by atoms with van der Waals surface area (Å²) in [7, 11) is 0. The number of hydrogen-bond donors (Lipinski definition) is 1. The van der Waals surface area contributed by atoms with Gasteiger partial charge < -0.3 is 14.3 Å². The number of carboxylic acids is 1. The first-order chi connectivity index (χ1) is 12.0. The third-order valence-electron chi connectivity index (χ3n) is 3.29. The Morgan fingerprint density at radius 3 is 2.92 bits per heavy atom. The Hall–Kier alpha value is -2.58. The van der Waals surface area contributed by atoms with Gasteiger partial charge in [-0.15, -0.1) is 0 Å². The Bertz CT molecular complexity index is 844. The molecule has 2 heterocycles. The number of furan rings is 1. The predicted molar refractivity (Wildman–Crippen MR) is 97.0 cm³/mol. The first-order valence-corrected chi connectivity index (χ1v) is 8.48. The number of carbonyl (C=O) groups is 2. The summed E-state index contributed by atoms with van der Waals surface area (Å²) in [4.78, 5) is 25.1. The van der Waals surface area contributed by atoms with E-state index < -0.39 is 12.6 Å². The minimum atomic E-state index is -1.05. The maximum atomic E-state index is 12.5. The number of thiocarbonyl (C=S) groups is 1. The number of nitrogens with zero attached hydrogens (tertiary/aromatic N) is 1. The van der Waals surface area contributed by atoms with Crippen molar-refractivity contribution in [3.05, 3.63) is 58.9 Å². The quantitative estimate of drug-likeness (QED) is 0.614. The summed E-state index contributed by atoms with van der Waals surface area (Å²) in [6.07, 6.45) is 3.25. The Kier molecular flexibility index (Phi) is 5.20. The molecule has 1 aromatic carbocycles. The van der Waals surface area contributed by atoms with E-state index in [2.05, 4.69) is 0 Å². The summed E-state index contributed by atoms with van der Waals surface area (Å²) in [5.41, 5.74) is 0.724. The average molecular weight is 375 g/mol. The fourth-order valence-corrected chi connectivity index (χ4v) is 3.44. The second-order valence-corrected chi connectivity index (χ2v) is 6.78. The largest absolute Gasteiger partial charge is 0.482 e. The zero-order chi connectivity index (χ0) is 17.8. The smallest absolute Gasteiger partial charge is 0.341 e. The number of benzene rings is 1. The van der Waals surface area contributed by atoms with Gasteiger partial charge in [0.25, 0.3) is 5.91 Å². The highest BCUT2D eigenvalue weighted by molar-refractivity contribution is 8.26. The van der Waals surface area contributed by atoms with Gasteiger partial charge in [0.05, 0.1) is 17.7 Å². The molecule has 8 heteroatoms. The highest BCUT2D eigenvalue weighted by atomic mass is 32.2. The van der Waals surface area contributed by atoms with Crippen molar-refractivity contribution in [2.45, 2.75) is 6.54 Å². The third-order valence-corrected chi connectivity index (χ3v) is 4.66. The van der Waals surface area contributed by atoms with E-state index in [9.17, 15) is 9.59 Å². The number of aliphatic carboxylic acids is 1. The Labute approximate surface area is 153 Å². The highest BCUT2D eigenvalue weighted by Gasteiger charge is 2.32. The maximum Gasteiger partial charge on any atom is 0.341 e. The first kappa shape index (κ1) is 17.2. The number of carboxylic acid groups (broad SMARTS) is 1. The highest BCUT2D eigenvalue weighted by Crippen LogP contribution is 2.34. The number of thioether (sulfide) groups is 1. The number of rotatable bonds is 6. The molecule has 0 radical (unpaired) electrons. The zero-order valence-corrected chi connectivity index (χ0v) is 14.5. The summed E-state index contributed by atoms with van der Waals surface area (Å²) in [5.74, 6) is -0.170. The SMILES string of the molecule is O=C(O)COc1cccc(/C=C2/SC(=S)N(Cc3ccco3)C2=O)c1. The van der Waals surface area contributed by atoms with Gasteiger partial charge in [0, 0.05) is 0 Å². The lowest BCUT2D eigenvalue weighted by atomic mass is 10.2. The molecule has 128 valence electrons. The van der Waals surface area contributed by atoms with Crippen molar-refractivity contribution < 1.29 is 23.8 Å². The van der Waals surface area contributed by atoms with E-state index >= 15 is 0 Å². The van der Waals surface area contributed by atoms with E-state index in [0.717, 1.165) is 5.56 Å². The van der Waals surface area contributed by atoms with Crippen LogP contribution >= 0.6 is 24.0 Å². The molecule has 0 atom stereocenters. The predicted octanol–water partition coefficient (Wildman–Crippen LogP) is 3.14. The minimum Gasteiger partial charge on any atom is -0.482 e. The second-order valence-electron chi connectivity index (χ2n) is 5.10. The molecule has 0 spiro atoms. The van der Waals surface area contributed by atoms with Crippen LogP contribution in [0.15, 0.2) is 52.0 Å². The van der Waals surface area contributed by atoms with Crippen LogP contribution < -0.4 is 4.74 Å². The number of ether oxygens (including phenoxy) is 1. The zero-order valence-electron chi connectivity index (χ0n) is 12.9. The Balaban J connectivity index is 1.75. The molecule has 1 aliphatic rings. The molecule has 1 fully saturated rings. The second kappa shape index (κ2) is 7.54. The van der Waals surface area contributed by atoms with Crippen molar-refractivity contribution >= 4 is 46.3 Å². The molecule has 2 aromatic rings. The van der Waals surface area contributed by atoms with Gasteiger partial charge in [-0.2, -0.15) is 0 Å². The summed E-state index contributed by atoms with van der Waals surface area (Å²) in [6.45, 7) is -0.133. The van der Waals surface area contributed by atoms with Crippen molar-refractivity contribution in [2.24, 2.45) is 0 Å². The van der Waals surface area contributed by atoms with Crippen LogP contribution in [0.2, 0.25) is 0 Å². The van der Waals surface area contributed by atoms with Gasteiger partial charge in [-0.05, 0) is 35.9 Å². The first-order valence-electron chi connectivity index (χ1n) is 7.25. The lowest BCUT2D eigenvalue weighted by Gasteiger charge is -2.12. The van der Waals surface area contributed by atoms with Crippen molar-refractivity contribution in [1.82, 2.24) is 4.90 Å². The lowest BCUT2D eigenvalue weighted by Crippen LogP contribution is -2.27. The van der Waals surface area contributed by atoms with Crippen molar-refractivity contribution in [3.63, 3.8) is 0 Å². The Morgan fingerprint density at radius 1 is 1.36 bits per heavy atom. The third kappa shape index (κ3) is 4.28.